The van der Waals surface area contributed by atoms with E-state index in [4.69, 9.17) is 0 Å². The van der Waals surface area contributed by atoms with Gasteiger partial charge in [-0.3, -0.25) is 13.9 Å². The van der Waals surface area contributed by atoms with Gasteiger partial charge in [-0.2, -0.15) is 0 Å². The van der Waals surface area contributed by atoms with E-state index in [0.717, 1.165) is 11.3 Å². The van der Waals surface area contributed by atoms with Crippen LogP contribution in [0.3, 0.4) is 0 Å². The zero-order chi connectivity index (χ0) is 25.0. The zero-order valence-corrected chi connectivity index (χ0v) is 20.7. The van der Waals surface area contributed by atoms with Gasteiger partial charge in [-0.25, -0.2) is 8.42 Å². The van der Waals surface area contributed by atoms with Crippen molar-refractivity contribution >= 4 is 33.2 Å². The van der Waals surface area contributed by atoms with Gasteiger partial charge in [0.05, 0.1) is 10.6 Å². The molecule has 35 heavy (non-hydrogen) atoms. The molecule has 182 valence electrons. The molecule has 1 aliphatic rings. The van der Waals surface area contributed by atoms with Gasteiger partial charge in [-0.05, 0) is 68.3 Å². The number of anilines is 2. The van der Waals surface area contributed by atoms with Crippen LogP contribution in [0.1, 0.15) is 28.8 Å². The second-order valence-electron chi connectivity index (χ2n) is 8.75. The quantitative estimate of drug-likeness (QED) is 0.557. The van der Waals surface area contributed by atoms with Gasteiger partial charge in [-0.15, -0.1) is 0 Å². The lowest BCUT2D eigenvalue weighted by Gasteiger charge is -2.31. The highest BCUT2D eigenvalue weighted by Gasteiger charge is 2.28. The summed E-state index contributed by atoms with van der Waals surface area (Å²) in [5.41, 5.74) is 2.71. The number of piperidine rings is 1. The van der Waals surface area contributed by atoms with E-state index in [1.54, 1.807) is 53.4 Å². The fourth-order valence-electron chi connectivity index (χ4n) is 4.11. The lowest BCUT2D eigenvalue weighted by Crippen LogP contribution is -2.41. The molecule has 0 radical (unpaired) electrons. The molecule has 3 aromatic rings. The number of amides is 2. The molecule has 2 amide bonds. The predicted octanol–water partition coefficient (Wildman–Crippen LogP) is 4.31. The largest absolute Gasteiger partial charge is 0.339 e. The summed E-state index contributed by atoms with van der Waals surface area (Å²) in [5, 5.41) is 2.93. The molecule has 0 aliphatic carbocycles. The van der Waals surface area contributed by atoms with Crippen molar-refractivity contribution in [2.24, 2.45) is 5.92 Å². The van der Waals surface area contributed by atoms with Gasteiger partial charge in [0.25, 0.3) is 15.9 Å². The highest BCUT2D eigenvalue weighted by Crippen LogP contribution is 2.25. The minimum Gasteiger partial charge on any atom is -0.339 e. The molecule has 4 rings (SSSR count). The van der Waals surface area contributed by atoms with E-state index in [1.165, 1.54) is 11.4 Å². The van der Waals surface area contributed by atoms with Gasteiger partial charge in [-0.1, -0.05) is 35.9 Å². The van der Waals surface area contributed by atoms with Crippen molar-refractivity contribution in [1.82, 2.24) is 4.90 Å². The van der Waals surface area contributed by atoms with Crippen LogP contribution in [0, 0.1) is 12.8 Å². The Morgan fingerprint density at radius 1 is 0.886 bits per heavy atom. The number of rotatable bonds is 6. The first-order valence-electron chi connectivity index (χ1n) is 11.6. The molecule has 7 nitrogen and oxygen atoms in total. The summed E-state index contributed by atoms with van der Waals surface area (Å²) >= 11 is 0. The minimum atomic E-state index is -3.70. The first-order valence-corrected chi connectivity index (χ1v) is 13.0. The number of hydrogen-bond acceptors (Lipinski definition) is 4. The van der Waals surface area contributed by atoms with Gasteiger partial charge in [0.1, 0.15) is 0 Å². The topological polar surface area (TPSA) is 86.8 Å². The minimum absolute atomic E-state index is 0.0227. The van der Waals surface area contributed by atoms with E-state index in [2.05, 4.69) is 5.32 Å². The number of sulfonamides is 1. The van der Waals surface area contributed by atoms with Crippen LogP contribution < -0.4 is 9.62 Å². The molecule has 1 fully saturated rings. The number of likely N-dealkylation sites (tertiary alicyclic amines) is 1. The Bertz CT molecular complexity index is 1280. The molecule has 0 bridgehead atoms. The second kappa shape index (κ2) is 10.3. The molecule has 3 aromatic carbocycles. The van der Waals surface area contributed by atoms with E-state index >= 15 is 0 Å². The van der Waals surface area contributed by atoms with E-state index in [9.17, 15) is 18.0 Å². The number of nitrogens with zero attached hydrogens (tertiary/aromatic N) is 2. The molecule has 8 heteroatoms. The molecule has 1 heterocycles. The summed E-state index contributed by atoms with van der Waals surface area (Å²) in [4.78, 5) is 27.5. The molecule has 0 aromatic heterocycles. The SMILES string of the molecule is Cc1ccc(S(=O)(=O)N(C)c2ccc(C(=O)N3CCC(C(=O)Nc4ccccc4)CC3)cc2)cc1. The van der Waals surface area contributed by atoms with Crippen molar-refractivity contribution in [1.29, 1.82) is 0 Å². The molecular weight excluding hydrogens is 462 g/mol. The number of hydrogen-bond donors (Lipinski definition) is 1. The Morgan fingerprint density at radius 3 is 2.09 bits per heavy atom. The average molecular weight is 492 g/mol. The Morgan fingerprint density at radius 2 is 1.49 bits per heavy atom. The van der Waals surface area contributed by atoms with Crippen molar-refractivity contribution in [3.05, 3.63) is 90.0 Å². The molecule has 0 saturated carbocycles. The van der Waals surface area contributed by atoms with E-state index < -0.39 is 10.0 Å². The maximum absolute atomic E-state index is 13.0. The number of para-hydroxylation sites is 1. The summed E-state index contributed by atoms with van der Waals surface area (Å²) in [7, 11) is -2.20. The summed E-state index contributed by atoms with van der Waals surface area (Å²) in [5.74, 6) is -0.282. The van der Waals surface area contributed by atoms with Crippen LogP contribution >= 0.6 is 0 Å². The third-order valence-electron chi connectivity index (χ3n) is 6.35. The lowest BCUT2D eigenvalue weighted by molar-refractivity contribution is -0.121. The monoisotopic (exact) mass is 491 g/mol. The molecule has 0 spiro atoms. The fourth-order valence-corrected chi connectivity index (χ4v) is 5.31. The number of carbonyl (C=O) groups is 2. The molecule has 1 aliphatic heterocycles. The van der Waals surface area contributed by atoms with Crippen molar-refractivity contribution in [2.75, 3.05) is 29.8 Å². The smallest absolute Gasteiger partial charge is 0.264 e. The third kappa shape index (κ3) is 5.54. The van der Waals surface area contributed by atoms with Crippen LogP contribution in [0.25, 0.3) is 0 Å². The molecular formula is C27H29N3O4S. The van der Waals surface area contributed by atoms with E-state index in [1.807, 2.05) is 37.3 Å². The van der Waals surface area contributed by atoms with Crippen molar-refractivity contribution in [2.45, 2.75) is 24.7 Å². The first-order chi connectivity index (χ1) is 16.8. The van der Waals surface area contributed by atoms with Crippen molar-refractivity contribution < 1.29 is 18.0 Å². The third-order valence-corrected chi connectivity index (χ3v) is 8.15. The maximum Gasteiger partial charge on any atom is 0.264 e. The van der Waals surface area contributed by atoms with Gasteiger partial charge in [0.2, 0.25) is 5.91 Å². The van der Waals surface area contributed by atoms with E-state index in [0.29, 0.717) is 37.2 Å². The van der Waals surface area contributed by atoms with Gasteiger partial charge < -0.3 is 10.2 Å². The van der Waals surface area contributed by atoms with Gasteiger partial charge >= 0.3 is 0 Å². The van der Waals surface area contributed by atoms with Crippen molar-refractivity contribution in [3.8, 4) is 0 Å². The van der Waals surface area contributed by atoms with Crippen LogP contribution in [0.2, 0.25) is 0 Å². The summed E-state index contributed by atoms with van der Waals surface area (Å²) in [6, 6.07) is 22.6. The second-order valence-corrected chi connectivity index (χ2v) is 10.7. The van der Waals surface area contributed by atoms with Crippen LogP contribution in [0.4, 0.5) is 11.4 Å². The van der Waals surface area contributed by atoms with Crippen LogP contribution in [-0.2, 0) is 14.8 Å². The zero-order valence-electron chi connectivity index (χ0n) is 19.8. The van der Waals surface area contributed by atoms with Crippen molar-refractivity contribution in [3.63, 3.8) is 0 Å². The van der Waals surface area contributed by atoms with Crippen LogP contribution in [-0.4, -0.2) is 45.3 Å². The average Bonchev–Trinajstić information content (AvgIpc) is 2.89. The molecule has 1 saturated heterocycles. The van der Waals surface area contributed by atoms with Crippen LogP contribution in [0.15, 0.2) is 83.8 Å². The number of carbonyl (C=O) groups excluding carboxylic acids is 2. The Balaban J connectivity index is 1.36. The molecule has 1 N–H and O–H groups in total. The maximum atomic E-state index is 13.0. The van der Waals surface area contributed by atoms with Gasteiger partial charge in [0.15, 0.2) is 0 Å². The Labute approximate surface area is 206 Å². The fraction of sp³-hybridized carbons (Fsp3) is 0.259. The number of aryl methyl sites for hydroxylation is 1. The Hall–Kier alpha value is -3.65. The van der Waals surface area contributed by atoms with E-state index in [-0.39, 0.29) is 22.6 Å². The summed E-state index contributed by atoms with van der Waals surface area (Å²) < 4.78 is 27.1. The van der Waals surface area contributed by atoms with Gasteiger partial charge in [0, 0.05) is 37.3 Å². The molecule has 0 atom stereocenters. The predicted molar refractivity (Wildman–Crippen MR) is 137 cm³/mol. The summed E-state index contributed by atoms with van der Waals surface area (Å²) in [6.07, 6.45) is 1.19. The highest BCUT2D eigenvalue weighted by molar-refractivity contribution is 7.92. The normalized spacial score (nSPS) is 14.4. The first kappa shape index (κ1) is 24.5. The molecule has 0 unspecified atom stereocenters. The summed E-state index contributed by atoms with van der Waals surface area (Å²) in [6.45, 7) is 2.89. The van der Waals surface area contributed by atoms with Crippen LogP contribution in [0.5, 0.6) is 0 Å². The Kier molecular flexibility index (Phi) is 7.21. The number of nitrogens with one attached hydrogen (secondary N) is 1. The number of benzene rings is 3. The standard InChI is InChI=1S/C27H29N3O4S/c1-20-8-14-25(15-9-20)35(33,34)29(2)24-12-10-22(11-13-24)27(32)30-18-16-21(17-19-30)26(31)28-23-6-4-3-5-7-23/h3-15,21H,16-19H2,1-2H3,(H,28,31). The highest BCUT2D eigenvalue weighted by atomic mass is 32.2. The lowest BCUT2D eigenvalue weighted by atomic mass is 9.95.